The molecule has 0 aromatic rings. The summed E-state index contributed by atoms with van der Waals surface area (Å²) in [5.74, 6) is -6.32. The van der Waals surface area contributed by atoms with Gasteiger partial charge in [0, 0.05) is 61.7 Å². The first-order valence-corrected chi connectivity index (χ1v) is 33.4. The fourth-order valence-electron chi connectivity index (χ4n) is 17.4. The zero-order chi connectivity index (χ0) is 67.5. The first kappa shape index (κ1) is 70.8. The van der Waals surface area contributed by atoms with Gasteiger partial charge in [0.15, 0.2) is 36.9 Å². The summed E-state index contributed by atoms with van der Waals surface area (Å²) >= 11 is 0. The summed E-state index contributed by atoms with van der Waals surface area (Å²) in [6, 6.07) is -1.12. The first-order valence-electron chi connectivity index (χ1n) is 33.4. The van der Waals surface area contributed by atoms with Gasteiger partial charge in [-0.2, -0.15) is 0 Å². The number of aliphatic hydroxyl groups is 4. The highest BCUT2D eigenvalue weighted by atomic mass is 16.7. The van der Waals surface area contributed by atoms with Crippen LogP contribution in [0.25, 0.3) is 0 Å². The molecule has 518 valence electrons. The molecule has 5 aliphatic carbocycles. The lowest BCUT2D eigenvalue weighted by Gasteiger charge is -2.56. The van der Waals surface area contributed by atoms with Crippen molar-refractivity contribution in [1.29, 1.82) is 0 Å². The van der Waals surface area contributed by atoms with E-state index < -0.39 is 191 Å². The largest absolute Gasteiger partial charge is 0.511 e. The lowest BCUT2D eigenvalue weighted by molar-refractivity contribution is -0.584. The minimum Gasteiger partial charge on any atom is -0.511 e. The van der Waals surface area contributed by atoms with Crippen molar-refractivity contribution in [3.8, 4) is 0 Å². The van der Waals surface area contributed by atoms with Gasteiger partial charge in [-0.1, -0.05) is 57.6 Å². The molecule has 0 aromatic heterocycles. The van der Waals surface area contributed by atoms with Crippen LogP contribution in [0.15, 0.2) is 58.4 Å². The number of nitro groups is 1. The van der Waals surface area contributed by atoms with Gasteiger partial charge in [0.25, 0.3) is 0 Å². The normalized spacial score (nSPS) is 46.8. The monoisotopic (exact) mass is 1310 g/mol. The summed E-state index contributed by atoms with van der Waals surface area (Å²) < 4.78 is 76.1. The van der Waals surface area contributed by atoms with Crippen molar-refractivity contribution >= 4 is 30.1 Å². The Labute approximate surface area is 543 Å². The van der Waals surface area contributed by atoms with Gasteiger partial charge in [0.05, 0.1) is 86.6 Å². The van der Waals surface area contributed by atoms with Gasteiger partial charge in [-0.3, -0.25) is 24.5 Å². The maximum atomic E-state index is 15.6. The maximum Gasteiger partial charge on any atom is 0.407 e. The summed E-state index contributed by atoms with van der Waals surface area (Å²) in [4.78, 5) is 80.5. The molecule has 5 heterocycles. The SMILES string of the molecule is COC(=O)N[C@H]1[C@@H](C)O[C@@H](O[C@H]2C/C=C(\C)[C@H]3C=C[C@@H]4[C@@H](O[C@H]5C[C@@H](O[C@H]6CCC(O[C@H]7C[C@@H](O)C(O[C@H]8CC[C@@H](O)[C@H](C)C8)[C@H](C)O7)[C@H](C)O6)[C@@H](OC(C)=O)[C@H](C)O5)[C@@H](C)C[C@H](C)[C@H]4[C@]3(C)C(O)=C3C(=O)OC4(CC(C=O)=C[C@H](O)[C@H]4C=C2C)C3=O)C[C@]1(C)[N+](=O)[O-]. The molecule has 3 unspecified atom stereocenters. The Kier molecular flexibility index (Phi) is 21.5. The molecule has 2 saturated carbocycles. The Morgan fingerprint density at radius 3 is 2.06 bits per heavy atom. The second-order valence-electron chi connectivity index (χ2n) is 28.8. The third kappa shape index (κ3) is 14.0. The molecule has 10 aliphatic rings. The van der Waals surface area contributed by atoms with Gasteiger partial charge in [-0.25, -0.2) is 9.59 Å². The van der Waals surface area contributed by atoms with Crippen LogP contribution >= 0.6 is 0 Å². The second kappa shape index (κ2) is 28.2. The molecular formula is C68H98N2O23. The lowest BCUT2D eigenvalue weighted by Crippen LogP contribution is -2.65. The number of hydrogen-bond acceptors (Lipinski definition) is 23. The van der Waals surface area contributed by atoms with Crippen molar-refractivity contribution in [3.05, 3.63) is 68.5 Å². The summed E-state index contributed by atoms with van der Waals surface area (Å²) in [5, 5.41) is 62.2. The van der Waals surface area contributed by atoms with Crippen LogP contribution in [0.5, 0.6) is 0 Å². The highest BCUT2D eigenvalue weighted by Crippen LogP contribution is 2.61. The van der Waals surface area contributed by atoms with Crippen LogP contribution < -0.4 is 5.32 Å². The topological polar surface area (TPSA) is 332 Å². The molecule has 5 saturated heterocycles. The number of fused-ring (bicyclic) bond motifs is 4. The molecule has 10 rings (SSSR count). The number of rotatable bonds is 14. The van der Waals surface area contributed by atoms with E-state index in [4.69, 9.17) is 56.8 Å². The van der Waals surface area contributed by atoms with Crippen molar-refractivity contribution in [2.45, 2.75) is 282 Å². The van der Waals surface area contributed by atoms with Crippen molar-refractivity contribution in [2.75, 3.05) is 7.11 Å². The number of aldehydes is 1. The molecule has 7 fully saturated rings. The minimum atomic E-state index is -2.20. The zero-order valence-electron chi connectivity index (χ0n) is 55.7. The molecule has 25 nitrogen and oxygen atoms in total. The summed E-state index contributed by atoms with van der Waals surface area (Å²) in [7, 11) is 1.15. The van der Waals surface area contributed by atoms with Gasteiger partial charge < -0.3 is 82.6 Å². The third-order valence-corrected chi connectivity index (χ3v) is 22.2. The molecule has 29 atom stereocenters. The van der Waals surface area contributed by atoms with Gasteiger partial charge >= 0.3 is 18.0 Å². The molecular weight excluding hydrogens is 1210 g/mol. The number of amides is 1. The van der Waals surface area contributed by atoms with Crippen LogP contribution in [-0.2, 0) is 76.0 Å². The average molecular weight is 1310 g/mol. The number of carbonyl (C=O) groups excluding carboxylic acids is 5. The summed E-state index contributed by atoms with van der Waals surface area (Å²) in [5.41, 5.74) is -4.89. The van der Waals surface area contributed by atoms with E-state index in [2.05, 4.69) is 25.2 Å². The zero-order valence-corrected chi connectivity index (χ0v) is 55.7. The number of hydrogen-bond donors (Lipinski definition) is 5. The maximum absolute atomic E-state index is 15.6. The van der Waals surface area contributed by atoms with Crippen LogP contribution in [0.1, 0.15) is 154 Å². The Morgan fingerprint density at radius 2 is 1.41 bits per heavy atom. The summed E-state index contributed by atoms with van der Waals surface area (Å²) in [6.07, 6.45) is -1.46. The van der Waals surface area contributed by atoms with Crippen molar-refractivity contribution in [3.63, 3.8) is 0 Å². The quantitative estimate of drug-likeness (QED) is 0.0222. The number of aliphatic hydroxyl groups excluding tert-OH is 4. The highest BCUT2D eigenvalue weighted by Gasteiger charge is 2.65. The van der Waals surface area contributed by atoms with E-state index in [1.165, 1.54) is 19.9 Å². The number of carbonyl (C=O) groups is 5. The predicted molar refractivity (Wildman–Crippen MR) is 328 cm³/mol. The standard InChI is InChI=1S/C68H98N2O23/c1-31-14-19-49(89-55-29-66(11,70(80)81)61(39(9)86-55)69-65(79)82-13)33(3)24-45-47(74)25-41(30-71)28-68(45)63(77)56(64(78)93-68)62(76)67(12)44(31)17-16-43-57(67)34(4)22-35(5)58(43)92-54-27-51(60(38(8)85-54)87-40(10)72)91-52-21-20-50(36(6)83-52)90-53-26-48(75)59(37(7)84-53)88-42-15-18-46(73)32(2)23-42/h14,16-17,24-25,30,32,34-39,42-55,57-61,73-76H,15,18-23,26-29H2,1-13H3,(H,69,79)/b31-14+,33-24?,62-56?/t32-,34+,35+,36+,37+,38+,39-,42+,43+,44-,45-,46-,47+,48-,49+,50?,51-,52+,53+,54+,55+,57-,58+,59?,60+,61+,66+,67-,68?/m1/s1. The number of nitrogens with one attached hydrogen (secondary N) is 1. The van der Waals surface area contributed by atoms with Gasteiger partial charge in [-0.15, -0.1) is 0 Å². The highest BCUT2D eigenvalue weighted by molar-refractivity contribution is 6.26. The van der Waals surface area contributed by atoms with E-state index in [1.54, 1.807) is 26.8 Å². The van der Waals surface area contributed by atoms with E-state index in [1.807, 2.05) is 46.8 Å². The van der Waals surface area contributed by atoms with Crippen molar-refractivity contribution in [1.82, 2.24) is 5.32 Å². The smallest absolute Gasteiger partial charge is 0.407 e. The average Bonchev–Trinajstić information content (AvgIpc) is 1.68. The predicted octanol–water partition coefficient (Wildman–Crippen LogP) is 7.02. The van der Waals surface area contributed by atoms with Crippen LogP contribution in [0.2, 0.25) is 0 Å². The first-order chi connectivity index (χ1) is 43.9. The van der Waals surface area contributed by atoms with Crippen LogP contribution in [0.4, 0.5) is 4.79 Å². The van der Waals surface area contributed by atoms with Gasteiger partial charge in [-0.05, 0) is 121 Å². The number of allylic oxidation sites excluding steroid dienone is 3. The Morgan fingerprint density at radius 1 is 0.731 bits per heavy atom. The number of alkyl carbamates (subject to hydrolysis) is 1. The molecule has 2 bridgehead atoms. The number of methoxy groups -OCH3 is 1. The Hall–Kier alpha value is -5.03. The Balaban J connectivity index is 0.904. The molecule has 25 heteroatoms. The van der Waals surface area contributed by atoms with Gasteiger partial charge in [0.1, 0.15) is 35.9 Å². The van der Waals surface area contributed by atoms with E-state index >= 15 is 4.79 Å². The van der Waals surface area contributed by atoms with E-state index in [0.29, 0.717) is 50.4 Å². The molecule has 93 heavy (non-hydrogen) atoms. The molecule has 5 N–H and O–H groups in total. The fourth-order valence-corrected chi connectivity index (χ4v) is 17.4. The van der Waals surface area contributed by atoms with Crippen LogP contribution in [0, 0.1) is 57.0 Å². The lowest BCUT2D eigenvalue weighted by atomic mass is 9.49. The molecule has 1 spiro atoms. The van der Waals surface area contributed by atoms with Gasteiger partial charge in [0.2, 0.25) is 11.3 Å². The van der Waals surface area contributed by atoms with Crippen LogP contribution in [-0.4, -0.2) is 190 Å². The van der Waals surface area contributed by atoms with Crippen molar-refractivity contribution in [2.24, 2.45) is 46.8 Å². The fraction of sp³-hybridized carbons (Fsp3) is 0.779. The van der Waals surface area contributed by atoms with E-state index in [0.717, 1.165) is 12.7 Å². The minimum absolute atomic E-state index is 0.000788. The summed E-state index contributed by atoms with van der Waals surface area (Å²) in [6.45, 7) is 21.4. The molecule has 0 aromatic carbocycles. The van der Waals surface area contributed by atoms with Crippen LogP contribution in [0.3, 0.4) is 0 Å². The third-order valence-electron chi connectivity index (χ3n) is 22.2. The number of ether oxygens (including phenoxy) is 12. The van der Waals surface area contributed by atoms with E-state index in [9.17, 15) is 49.7 Å². The van der Waals surface area contributed by atoms with E-state index in [-0.39, 0.29) is 61.2 Å². The number of esters is 2. The Bertz CT molecular complexity index is 2950. The molecule has 0 radical (unpaired) electrons. The number of Topliss-reactive ketones (excluding diaryl/α,β-unsaturated/α-hetero) is 1. The molecule has 5 aliphatic heterocycles. The number of nitrogens with zero attached hydrogens (tertiary/aromatic N) is 1. The second-order valence-corrected chi connectivity index (χ2v) is 28.8. The number of ketones is 1. The van der Waals surface area contributed by atoms with Crippen molar-refractivity contribution < 1.29 is 106 Å². The molecule has 1 amide bonds.